The summed E-state index contributed by atoms with van der Waals surface area (Å²) in [5.74, 6) is 1.49. The fourth-order valence-electron chi connectivity index (χ4n) is 4.15. The van der Waals surface area contributed by atoms with E-state index < -0.39 is 5.91 Å². The number of hydrogen-bond acceptors (Lipinski definition) is 4. The Morgan fingerprint density at radius 1 is 1.29 bits per heavy atom. The number of fused-ring (bicyclic) bond motifs is 3. The molecule has 1 unspecified atom stereocenters. The lowest BCUT2D eigenvalue weighted by Crippen LogP contribution is -2.46. The van der Waals surface area contributed by atoms with Crippen LogP contribution in [0.3, 0.4) is 0 Å². The van der Waals surface area contributed by atoms with Gasteiger partial charge in [-0.2, -0.15) is 0 Å². The summed E-state index contributed by atoms with van der Waals surface area (Å²) >= 11 is 6.33. The Morgan fingerprint density at radius 2 is 2.00 bits per heavy atom. The molecular formula is C18H24ClN3O2. The second-order valence-corrected chi connectivity index (χ2v) is 7.83. The molecule has 0 spiro atoms. The highest BCUT2D eigenvalue weighted by Crippen LogP contribution is 2.48. The van der Waals surface area contributed by atoms with E-state index in [4.69, 9.17) is 27.8 Å². The molecule has 1 atom stereocenters. The van der Waals surface area contributed by atoms with Gasteiger partial charge < -0.3 is 21.1 Å². The minimum atomic E-state index is -0.509. The first-order valence-electron chi connectivity index (χ1n) is 8.81. The third kappa shape index (κ3) is 2.84. The molecule has 4 fully saturated rings. The molecule has 0 radical (unpaired) electrons. The van der Waals surface area contributed by atoms with Crippen LogP contribution in [0, 0.1) is 11.8 Å². The Morgan fingerprint density at radius 3 is 2.54 bits per heavy atom. The number of nitrogens with zero attached hydrogens (tertiary/aromatic N) is 1. The van der Waals surface area contributed by atoms with Crippen molar-refractivity contribution >= 4 is 23.2 Å². The summed E-state index contributed by atoms with van der Waals surface area (Å²) in [4.78, 5) is 14.4. The lowest BCUT2D eigenvalue weighted by atomic mass is 9.74. The van der Waals surface area contributed by atoms with Gasteiger partial charge in [0.05, 0.1) is 22.9 Å². The van der Waals surface area contributed by atoms with Crippen LogP contribution in [0.5, 0.6) is 5.75 Å². The highest BCUT2D eigenvalue weighted by molar-refractivity contribution is 6.33. The molecule has 6 heteroatoms. The van der Waals surface area contributed by atoms with E-state index in [1.54, 1.807) is 6.07 Å². The van der Waals surface area contributed by atoms with Crippen molar-refractivity contribution in [3.63, 3.8) is 0 Å². The molecule has 1 saturated carbocycles. The second-order valence-electron chi connectivity index (χ2n) is 7.43. The van der Waals surface area contributed by atoms with Gasteiger partial charge in [-0.15, -0.1) is 0 Å². The summed E-state index contributed by atoms with van der Waals surface area (Å²) in [5.41, 5.74) is 13.8. The summed E-state index contributed by atoms with van der Waals surface area (Å²) < 4.78 is 6.09. The molecule has 1 aliphatic carbocycles. The maximum Gasteiger partial charge on any atom is 0.252 e. The van der Waals surface area contributed by atoms with Gasteiger partial charge in [0.2, 0.25) is 0 Å². The highest BCUT2D eigenvalue weighted by Gasteiger charge is 2.39. The summed E-state index contributed by atoms with van der Waals surface area (Å²) in [6.45, 7) is 3.85. The van der Waals surface area contributed by atoms with Crippen LogP contribution in [0.1, 0.15) is 47.5 Å². The Kier molecular flexibility index (Phi) is 4.09. The van der Waals surface area contributed by atoms with E-state index in [9.17, 15) is 4.79 Å². The van der Waals surface area contributed by atoms with Gasteiger partial charge in [0.25, 0.3) is 5.91 Å². The summed E-state index contributed by atoms with van der Waals surface area (Å²) in [7, 11) is 0. The third-order valence-electron chi connectivity index (χ3n) is 5.76. The van der Waals surface area contributed by atoms with Crippen LogP contribution < -0.4 is 16.2 Å². The van der Waals surface area contributed by atoms with E-state index in [1.165, 1.54) is 12.8 Å². The van der Waals surface area contributed by atoms with Gasteiger partial charge in [0.15, 0.2) is 0 Å². The molecule has 4 N–H and O–H groups in total. The fourth-order valence-corrected chi connectivity index (χ4v) is 4.36. The summed E-state index contributed by atoms with van der Waals surface area (Å²) in [6, 6.07) is 1.56. The van der Waals surface area contributed by atoms with Crippen molar-refractivity contribution in [1.29, 1.82) is 0 Å². The van der Waals surface area contributed by atoms with E-state index in [2.05, 4.69) is 4.90 Å². The van der Waals surface area contributed by atoms with Gasteiger partial charge in [0.1, 0.15) is 5.75 Å². The van der Waals surface area contributed by atoms with Crippen molar-refractivity contribution in [3.8, 4) is 5.75 Å². The zero-order valence-corrected chi connectivity index (χ0v) is 14.5. The smallest absolute Gasteiger partial charge is 0.252 e. The third-order valence-corrected chi connectivity index (χ3v) is 6.07. The van der Waals surface area contributed by atoms with E-state index in [0.717, 1.165) is 38.0 Å². The lowest BCUT2D eigenvalue weighted by Gasteiger charge is -2.45. The molecule has 1 aromatic rings. The quantitative estimate of drug-likeness (QED) is 0.800. The number of primary amides is 1. The molecule has 24 heavy (non-hydrogen) atoms. The zero-order chi connectivity index (χ0) is 16.8. The Labute approximate surface area is 147 Å². The number of benzene rings is 1. The fraction of sp³-hybridized carbons (Fsp3) is 0.611. The van der Waals surface area contributed by atoms with E-state index >= 15 is 0 Å². The van der Waals surface area contributed by atoms with Crippen molar-refractivity contribution in [2.24, 2.45) is 17.6 Å². The Balaban J connectivity index is 1.78. The zero-order valence-electron chi connectivity index (χ0n) is 13.8. The molecule has 5 nitrogen and oxygen atoms in total. The number of carbonyl (C=O) groups is 1. The Bertz CT molecular complexity index is 667. The van der Waals surface area contributed by atoms with Crippen molar-refractivity contribution in [3.05, 3.63) is 22.2 Å². The number of anilines is 1. The van der Waals surface area contributed by atoms with Gasteiger partial charge in [0, 0.05) is 18.0 Å². The van der Waals surface area contributed by atoms with Gasteiger partial charge in [-0.25, -0.2) is 0 Å². The lowest BCUT2D eigenvalue weighted by molar-refractivity contribution is 0.0855. The number of hydrogen-bond donors (Lipinski definition) is 2. The van der Waals surface area contributed by atoms with Crippen LogP contribution in [0.4, 0.5) is 5.69 Å². The van der Waals surface area contributed by atoms with Crippen molar-refractivity contribution in [1.82, 2.24) is 4.90 Å². The van der Waals surface area contributed by atoms with Gasteiger partial charge >= 0.3 is 0 Å². The molecule has 3 heterocycles. The first kappa shape index (κ1) is 16.0. The first-order chi connectivity index (χ1) is 11.5. The molecule has 4 aliphatic rings. The minimum Gasteiger partial charge on any atom is -0.492 e. The SMILES string of the molecule is NC(=O)c1cc(Cl)c(N)c(C2CN3CCC2CC3)c1OCC1CC1. The number of carbonyl (C=O) groups excluding carboxylic acids is 1. The van der Waals surface area contributed by atoms with E-state index in [-0.39, 0.29) is 5.92 Å². The van der Waals surface area contributed by atoms with Crippen LogP contribution in [0.15, 0.2) is 6.07 Å². The average molecular weight is 350 g/mol. The normalized spacial score (nSPS) is 28.8. The van der Waals surface area contributed by atoms with Crippen LogP contribution >= 0.6 is 11.6 Å². The average Bonchev–Trinajstić information content (AvgIpc) is 3.40. The number of piperidine rings is 3. The van der Waals surface area contributed by atoms with Crippen LogP contribution in [0.2, 0.25) is 5.02 Å². The molecule has 3 aliphatic heterocycles. The molecular weight excluding hydrogens is 326 g/mol. The molecule has 130 valence electrons. The predicted octanol–water partition coefficient (Wildman–Crippen LogP) is 2.62. The number of rotatable bonds is 5. The number of nitrogen functional groups attached to an aromatic ring is 1. The Hall–Kier alpha value is -1.46. The number of ether oxygens (including phenoxy) is 1. The minimum absolute atomic E-state index is 0.263. The van der Waals surface area contributed by atoms with Gasteiger partial charge in [-0.1, -0.05) is 11.6 Å². The number of amides is 1. The van der Waals surface area contributed by atoms with E-state index in [0.29, 0.717) is 40.5 Å². The van der Waals surface area contributed by atoms with Crippen LogP contribution in [-0.2, 0) is 0 Å². The monoisotopic (exact) mass is 349 g/mol. The number of halogens is 1. The highest BCUT2D eigenvalue weighted by atomic mass is 35.5. The summed E-state index contributed by atoms with van der Waals surface area (Å²) in [6.07, 6.45) is 4.68. The van der Waals surface area contributed by atoms with Gasteiger partial charge in [-0.3, -0.25) is 4.79 Å². The first-order valence-corrected chi connectivity index (χ1v) is 9.19. The molecule has 2 bridgehead atoms. The van der Waals surface area contributed by atoms with Crippen molar-refractivity contribution < 1.29 is 9.53 Å². The molecule has 3 saturated heterocycles. The second kappa shape index (κ2) is 6.12. The standard InChI is InChI=1S/C18H24ClN3O2/c19-14-7-12(18(21)23)17(24-9-10-1-2-10)15(16(14)20)13-8-22-5-3-11(13)4-6-22/h7,10-11,13H,1-6,8-9,20H2,(H2,21,23). The predicted molar refractivity (Wildman–Crippen MR) is 94.5 cm³/mol. The molecule has 5 rings (SSSR count). The maximum atomic E-state index is 12.0. The molecule has 1 amide bonds. The topological polar surface area (TPSA) is 81.6 Å². The van der Waals surface area contributed by atoms with Crippen molar-refractivity contribution in [2.75, 3.05) is 32.0 Å². The molecule has 0 aromatic heterocycles. The van der Waals surface area contributed by atoms with Gasteiger partial charge in [-0.05, 0) is 56.7 Å². The largest absolute Gasteiger partial charge is 0.492 e. The van der Waals surface area contributed by atoms with Crippen molar-refractivity contribution in [2.45, 2.75) is 31.6 Å². The molecule has 1 aromatic carbocycles. The van der Waals surface area contributed by atoms with Crippen LogP contribution in [-0.4, -0.2) is 37.0 Å². The van der Waals surface area contributed by atoms with E-state index in [1.807, 2.05) is 0 Å². The number of nitrogens with two attached hydrogens (primary N) is 2. The van der Waals surface area contributed by atoms with Crippen LogP contribution in [0.25, 0.3) is 0 Å². The summed E-state index contributed by atoms with van der Waals surface area (Å²) in [5, 5.41) is 0.397. The maximum absolute atomic E-state index is 12.0.